The molecule has 0 aliphatic rings. The molecule has 32 heavy (non-hydrogen) atoms. The first-order valence-corrected chi connectivity index (χ1v) is 11.6. The van der Waals surface area contributed by atoms with Gasteiger partial charge in [0.25, 0.3) is 0 Å². The third-order valence-electron chi connectivity index (χ3n) is 4.62. The minimum absolute atomic E-state index is 0.101. The van der Waals surface area contributed by atoms with E-state index in [0.29, 0.717) is 10.6 Å². The minimum Gasteiger partial charge on any atom is -0.423 e. The smallest absolute Gasteiger partial charge is 0.338 e. The van der Waals surface area contributed by atoms with Crippen LogP contribution in [0.4, 0.5) is 0 Å². The molecule has 0 amide bonds. The first-order valence-electron chi connectivity index (χ1n) is 9.84. The van der Waals surface area contributed by atoms with Crippen molar-refractivity contribution in [2.45, 2.75) is 13.8 Å². The van der Waals surface area contributed by atoms with E-state index in [0.717, 1.165) is 0 Å². The number of ether oxygens (including phenoxy) is 2. The maximum absolute atomic E-state index is 14.8. The number of hydrogen-bond donors (Lipinski definition) is 0. The van der Waals surface area contributed by atoms with Crippen LogP contribution in [-0.4, -0.2) is 11.9 Å². The van der Waals surface area contributed by atoms with Gasteiger partial charge in [-0.05, 0) is 32.0 Å². The van der Waals surface area contributed by atoms with Crippen molar-refractivity contribution in [3.05, 3.63) is 103 Å². The molecular formula is C26H23O5P. The largest absolute Gasteiger partial charge is 0.423 e. The number of carbonyl (C=O) groups is 2. The van der Waals surface area contributed by atoms with Crippen molar-refractivity contribution in [1.29, 1.82) is 0 Å². The van der Waals surface area contributed by atoms with E-state index >= 15 is 0 Å². The van der Waals surface area contributed by atoms with Crippen molar-refractivity contribution in [2.24, 2.45) is 0 Å². The van der Waals surface area contributed by atoms with Crippen LogP contribution in [0.1, 0.15) is 13.8 Å². The van der Waals surface area contributed by atoms with Gasteiger partial charge in [-0.1, -0.05) is 73.8 Å². The fourth-order valence-corrected chi connectivity index (χ4v) is 5.76. The van der Waals surface area contributed by atoms with Crippen LogP contribution in [0.3, 0.4) is 0 Å². The normalized spacial score (nSPS) is 10.8. The summed E-state index contributed by atoms with van der Waals surface area (Å²) in [6, 6.07) is 22.2. The summed E-state index contributed by atoms with van der Waals surface area (Å²) in [4.78, 5) is 24.4. The van der Waals surface area contributed by atoms with Gasteiger partial charge in [-0.25, -0.2) is 9.59 Å². The highest BCUT2D eigenvalue weighted by atomic mass is 31.2. The van der Waals surface area contributed by atoms with Gasteiger partial charge in [-0.3, -0.25) is 0 Å². The molecule has 0 aliphatic heterocycles. The molecule has 0 spiro atoms. The summed E-state index contributed by atoms with van der Waals surface area (Å²) in [7, 11) is -3.52. The molecule has 0 aromatic heterocycles. The molecule has 0 heterocycles. The molecule has 5 nitrogen and oxygen atoms in total. The highest BCUT2D eigenvalue weighted by Gasteiger charge is 2.34. The van der Waals surface area contributed by atoms with Crippen LogP contribution in [0.25, 0.3) is 0 Å². The Morgan fingerprint density at radius 3 is 1.66 bits per heavy atom. The Labute approximate surface area is 187 Å². The molecule has 6 heteroatoms. The van der Waals surface area contributed by atoms with E-state index in [9.17, 15) is 14.2 Å². The predicted molar refractivity (Wildman–Crippen MR) is 127 cm³/mol. The van der Waals surface area contributed by atoms with Crippen molar-refractivity contribution in [2.75, 3.05) is 0 Å². The molecule has 3 aromatic carbocycles. The summed E-state index contributed by atoms with van der Waals surface area (Å²) in [6.07, 6.45) is 0. The second-order valence-corrected chi connectivity index (χ2v) is 9.98. The molecule has 0 unspecified atom stereocenters. The molecule has 0 N–H and O–H groups in total. The Morgan fingerprint density at radius 1 is 0.719 bits per heavy atom. The number of esters is 2. The molecule has 0 atom stereocenters. The third kappa shape index (κ3) is 4.79. The number of carbonyl (C=O) groups excluding carboxylic acids is 2. The molecule has 162 valence electrons. The zero-order valence-electron chi connectivity index (χ0n) is 17.9. The zero-order valence-corrected chi connectivity index (χ0v) is 18.8. The fourth-order valence-electron chi connectivity index (χ4n) is 2.98. The van der Waals surface area contributed by atoms with Crippen LogP contribution in [0.15, 0.2) is 103 Å². The van der Waals surface area contributed by atoms with E-state index in [1.807, 2.05) is 12.1 Å². The third-order valence-corrected chi connectivity index (χ3v) is 7.70. The average Bonchev–Trinajstić information content (AvgIpc) is 2.80. The quantitative estimate of drug-likeness (QED) is 0.234. The van der Waals surface area contributed by atoms with E-state index < -0.39 is 19.1 Å². The standard InChI is InChI=1S/C26H23O5P/c1-18(2)25(27)30-20-15-16-23(31-26(28)19(3)4)24(17-20)32(29,21-11-7-5-8-12-21)22-13-9-6-10-14-22/h5-17H,1,3H2,2,4H3. The van der Waals surface area contributed by atoms with Gasteiger partial charge < -0.3 is 14.0 Å². The van der Waals surface area contributed by atoms with Gasteiger partial charge in [0.2, 0.25) is 0 Å². The van der Waals surface area contributed by atoms with E-state index in [1.54, 1.807) is 48.5 Å². The molecule has 0 saturated carbocycles. The molecule has 3 rings (SSSR count). The lowest BCUT2D eigenvalue weighted by Crippen LogP contribution is -2.27. The van der Waals surface area contributed by atoms with E-state index in [4.69, 9.17) is 9.47 Å². The molecule has 0 aliphatic carbocycles. The molecule has 0 saturated heterocycles. The van der Waals surface area contributed by atoms with Crippen LogP contribution in [0, 0.1) is 0 Å². The Kier molecular flexibility index (Phi) is 6.92. The topological polar surface area (TPSA) is 69.7 Å². The maximum Gasteiger partial charge on any atom is 0.338 e. The first kappa shape index (κ1) is 23.0. The van der Waals surface area contributed by atoms with E-state index in [2.05, 4.69) is 13.2 Å². The first-order chi connectivity index (χ1) is 15.2. The Morgan fingerprint density at radius 2 is 1.19 bits per heavy atom. The second kappa shape index (κ2) is 9.63. The van der Waals surface area contributed by atoms with Crippen LogP contribution in [0.5, 0.6) is 11.5 Å². The van der Waals surface area contributed by atoms with Gasteiger partial charge in [0.1, 0.15) is 11.5 Å². The Hall–Kier alpha value is -3.69. The summed E-state index contributed by atoms with van der Waals surface area (Å²) in [6.45, 7) is 10.3. The van der Waals surface area contributed by atoms with Crippen LogP contribution >= 0.6 is 7.14 Å². The summed E-state index contributed by atoms with van der Waals surface area (Å²) in [5.74, 6) is -0.998. The van der Waals surface area contributed by atoms with Gasteiger partial charge in [0.05, 0.1) is 5.30 Å². The average molecular weight is 446 g/mol. The van der Waals surface area contributed by atoms with Crippen molar-refractivity contribution in [3.8, 4) is 11.5 Å². The molecule has 0 bridgehead atoms. The van der Waals surface area contributed by atoms with Crippen molar-refractivity contribution in [1.82, 2.24) is 0 Å². The van der Waals surface area contributed by atoms with Crippen LogP contribution < -0.4 is 25.4 Å². The summed E-state index contributed by atoms with van der Waals surface area (Å²) in [5.41, 5.74) is 0.418. The van der Waals surface area contributed by atoms with Crippen LogP contribution in [-0.2, 0) is 14.2 Å². The van der Waals surface area contributed by atoms with E-state index in [-0.39, 0.29) is 27.9 Å². The Balaban J connectivity index is 2.28. The molecule has 0 radical (unpaired) electrons. The van der Waals surface area contributed by atoms with Crippen LogP contribution in [0.2, 0.25) is 0 Å². The van der Waals surface area contributed by atoms with Gasteiger partial charge in [-0.15, -0.1) is 0 Å². The second-order valence-electron chi connectivity index (χ2n) is 7.25. The van der Waals surface area contributed by atoms with Crippen molar-refractivity contribution in [3.63, 3.8) is 0 Å². The number of hydrogen-bond acceptors (Lipinski definition) is 5. The SMILES string of the molecule is C=C(C)C(=O)Oc1ccc(OC(=O)C(=C)C)c(P(=O)(c2ccccc2)c2ccccc2)c1. The van der Waals surface area contributed by atoms with E-state index in [1.165, 1.54) is 32.0 Å². The number of rotatable bonds is 7. The van der Waals surface area contributed by atoms with Gasteiger partial charge >= 0.3 is 11.9 Å². The number of benzene rings is 3. The lowest BCUT2D eigenvalue weighted by molar-refractivity contribution is -0.131. The molecular weight excluding hydrogens is 423 g/mol. The van der Waals surface area contributed by atoms with Crippen molar-refractivity contribution >= 4 is 35.0 Å². The van der Waals surface area contributed by atoms with Gasteiger partial charge in [-0.2, -0.15) is 0 Å². The predicted octanol–water partition coefficient (Wildman–Crippen LogP) is 4.29. The molecule has 0 fully saturated rings. The lowest BCUT2D eigenvalue weighted by atomic mass is 10.3. The summed E-state index contributed by atoms with van der Waals surface area (Å²) in [5, 5.41) is 1.32. The van der Waals surface area contributed by atoms with Gasteiger partial charge in [0.15, 0.2) is 7.14 Å². The van der Waals surface area contributed by atoms with Crippen molar-refractivity contribution < 1.29 is 23.6 Å². The highest BCUT2D eigenvalue weighted by molar-refractivity contribution is 7.85. The molecule has 3 aromatic rings. The lowest BCUT2D eigenvalue weighted by Gasteiger charge is -2.23. The monoisotopic (exact) mass is 446 g/mol. The fraction of sp³-hybridized carbons (Fsp3) is 0.0769. The minimum atomic E-state index is -3.52. The maximum atomic E-state index is 14.8. The zero-order chi connectivity index (χ0) is 23.3. The summed E-state index contributed by atoms with van der Waals surface area (Å²) < 4.78 is 25.7. The highest BCUT2D eigenvalue weighted by Crippen LogP contribution is 2.46. The Bertz CT molecular complexity index is 1190. The summed E-state index contributed by atoms with van der Waals surface area (Å²) >= 11 is 0. The van der Waals surface area contributed by atoms with Gasteiger partial charge in [0, 0.05) is 21.8 Å².